The molecule has 3 saturated carbocycles. The number of nitrogens with zero attached hydrogens (tertiary/aromatic N) is 3. The summed E-state index contributed by atoms with van der Waals surface area (Å²) in [5.74, 6) is -1.69. The van der Waals surface area contributed by atoms with Gasteiger partial charge in [0.25, 0.3) is 0 Å². The Morgan fingerprint density at radius 1 is 0.352 bits per heavy atom. The minimum Gasteiger partial charge on any atom is -0.478 e. The number of fused-ring (bicyclic) bond motifs is 6. The molecule has 9 aromatic carbocycles. The average Bonchev–Trinajstić information content (AvgIpc) is 1.60. The monoisotopic (exact) mass is 1430 g/mol. The van der Waals surface area contributed by atoms with Crippen LogP contribution in [0.1, 0.15) is 81.6 Å². The summed E-state index contributed by atoms with van der Waals surface area (Å²) in [6.07, 6.45) is -7.72. The fraction of sp³-hybridized carbons (Fsp3) is 0.150. The lowest BCUT2D eigenvalue weighted by Crippen LogP contribution is -2.28. The van der Waals surface area contributed by atoms with E-state index in [9.17, 15) is 55.4 Å². The van der Waals surface area contributed by atoms with E-state index in [1.807, 2.05) is 109 Å². The Kier molecular flexibility index (Phi) is 15.9. The summed E-state index contributed by atoms with van der Waals surface area (Å²) in [6.45, 7) is 0. The molecule has 105 heavy (non-hydrogen) atoms. The number of nitrogens with one attached hydrogen (secondary N) is 3. The molecule has 0 spiro atoms. The van der Waals surface area contributed by atoms with E-state index in [1.54, 1.807) is 66.7 Å². The van der Waals surface area contributed by atoms with E-state index in [0.29, 0.717) is 95.2 Å². The number of halogens is 6. The fourth-order valence-electron chi connectivity index (χ4n) is 13.4. The van der Waals surface area contributed by atoms with Crippen molar-refractivity contribution >= 4 is 79.4 Å². The van der Waals surface area contributed by atoms with E-state index < -0.39 is 47.0 Å². The number of aromatic nitrogens is 3. The summed E-state index contributed by atoms with van der Waals surface area (Å²) in [7, 11) is 0. The Labute approximate surface area is 597 Å². The number of carbonyl (C=O) groups is 5. The number of carboxylic acid groups (broad SMARTS) is 1. The van der Waals surface area contributed by atoms with Crippen molar-refractivity contribution in [3.63, 3.8) is 0 Å². The van der Waals surface area contributed by atoms with Crippen molar-refractivity contribution in [2.24, 2.45) is 5.73 Å². The molecule has 18 rings (SSSR count). The summed E-state index contributed by atoms with van der Waals surface area (Å²) in [6, 6.07) is 64.7. The minimum absolute atomic E-state index is 0. The van der Waals surface area contributed by atoms with E-state index in [4.69, 9.17) is 15.7 Å². The second-order valence-electron chi connectivity index (χ2n) is 26.0. The van der Waals surface area contributed by atoms with Gasteiger partial charge in [0, 0.05) is 44.1 Å². The highest BCUT2D eigenvalue weighted by Crippen LogP contribution is 2.56. The molecule has 25 heteroatoms. The molecule has 0 radical (unpaired) electrons. The Bertz CT molecular complexity index is 5370. The predicted molar refractivity (Wildman–Crippen MR) is 382 cm³/mol. The lowest BCUT2D eigenvalue weighted by molar-refractivity contribution is -0.287. The largest absolute Gasteiger partial charge is 0.586 e. The van der Waals surface area contributed by atoms with Crippen LogP contribution in [0.15, 0.2) is 224 Å². The Balaban J connectivity index is 0.000000150. The van der Waals surface area contributed by atoms with Crippen LogP contribution < -0.4 is 50.1 Å². The van der Waals surface area contributed by atoms with E-state index in [-0.39, 0.29) is 63.5 Å². The molecule has 0 unspecified atom stereocenters. The van der Waals surface area contributed by atoms with Crippen LogP contribution in [-0.2, 0) is 30.6 Å². The molecule has 3 aromatic heterocycles. The van der Waals surface area contributed by atoms with Gasteiger partial charge in [0.1, 0.15) is 17.5 Å². The molecular weight excluding hydrogens is 1360 g/mol. The molecule has 19 nitrogen and oxygen atoms in total. The highest BCUT2D eigenvalue weighted by atomic mass is 19.3. The number of nitrogens with two attached hydrogens (primary N) is 1. The molecule has 6 aliphatic rings. The van der Waals surface area contributed by atoms with Crippen LogP contribution in [0, 0.1) is 0 Å². The smallest absolute Gasteiger partial charge is 0.478 e. The maximum atomic E-state index is 13.4. The van der Waals surface area contributed by atoms with Crippen LogP contribution in [0.2, 0.25) is 0 Å². The number of carbonyl (C=O) groups excluding carboxylic acids is 4. The lowest BCUT2D eigenvalue weighted by Gasteiger charge is -2.17. The van der Waals surface area contributed by atoms with Crippen molar-refractivity contribution in [2.75, 3.05) is 16.0 Å². The number of hydrogen-bond acceptors (Lipinski definition) is 14. The number of amides is 4. The first-order chi connectivity index (χ1) is 50.4. The van der Waals surface area contributed by atoms with Crippen molar-refractivity contribution in [3.05, 3.63) is 252 Å². The van der Waals surface area contributed by atoms with Gasteiger partial charge in [-0.25, -0.2) is 19.7 Å². The van der Waals surface area contributed by atoms with Gasteiger partial charge in [-0.1, -0.05) is 146 Å². The van der Waals surface area contributed by atoms with E-state index in [2.05, 4.69) is 49.4 Å². The molecule has 3 aliphatic carbocycles. The summed E-state index contributed by atoms with van der Waals surface area (Å²) < 4.78 is 108. The molecule has 0 bridgehead atoms. The summed E-state index contributed by atoms with van der Waals surface area (Å²) in [4.78, 5) is 76.9. The van der Waals surface area contributed by atoms with Crippen molar-refractivity contribution in [1.29, 1.82) is 0 Å². The SMILES string of the molecule is NC(=O)c1ccc(-c2nc(NC(=O)C3(c4ccc5c(c4)OC(F)(F)O5)CC3)cc3ccccc23)cc1.O=C(Nc1cc2ccccc2c(-c2ccccc2)n1)C1(c2ccc3c(c2)OC(F)(F)O3)CC1.O=C(O)c1ccc(-c2nc(NC(=O)C3(c4ccc5c(c4)OC(F)(F)O5)CC3)cc3ccccc23)cc1.[HH].[HH].[HH].[HH]. The highest BCUT2D eigenvalue weighted by Gasteiger charge is 2.56. The van der Waals surface area contributed by atoms with Gasteiger partial charge in [0.2, 0.25) is 23.6 Å². The second-order valence-corrected chi connectivity index (χ2v) is 26.0. The Morgan fingerprint density at radius 2 is 0.638 bits per heavy atom. The van der Waals surface area contributed by atoms with Crippen LogP contribution in [-0.4, -0.2) is 68.5 Å². The Hall–Kier alpha value is -13.1. The second kappa shape index (κ2) is 25.2. The molecule has 3 fully saturated rings. The molecule has 532 valence electrons. The molecular formula is C80H63F6N7O12. The van der Waals surface area contributed by atoms with Gasteiger partial charge < -0.3 is 55.2 Å². The van der Waals surface area contributed by atoms with Gasteiger partial charge >= 0.3 is 24.9 Å². The van der Waals surface area contributed by atoms with E-state index in [1.165, 1.54) is 48.5 Å². The maximum Gasteiger partial charge on any atom is 0.586 e. The maximum absolute atomic E-state index is 13.4. The van der Waals surface area contributed by atoms with E-state index >= 15 is 0 Å². The van der Waals surface area contributed by atoms with Crippen LogP contribution in [0.3, 0.4) is 0 Å². The lowest BCUT2D eigenvalue weighted by atomic mass is 9.94. The van der Waals surface area contributed by atoms with Gasteiger partial charge in [-0.2, -0.15) is 0 Å². The first kappa shape index (κ1) is 66.5. The first-order valence-electron chi connectivity index (χ1n) is 33.1. The van der Waals surface area contributed by atoms with Crippen LogP contribution >= 0.6 is 0 Å². The van der Waals surface area contributed by atoms with Crippen LogP contribution in [0.25, 0.3) is 66.1 Å². The first-order valence-corrected chi connectivity index (χ1v) is 33.1. The van der Waals surface area contributed by atoms with Gasteiger partial charge in [-0.05, 0) is 150 Å². The fourth-order valence-corrected chi connectivity index (χ4v) is 13.4. The van der Waals surface area contributed by atoms with Gasteiger partial charge in [-0.3, -0.25) is 19.2 Å². The standard InChI is InChI=1S/C27H19F2N3O4.C27H18F2N2O5.C26H18F2N2O3.4H2/c28-27(29)35-20-10-9-18(14-21(20)36-27)26(11-12-26)25(34)32-22-13-17-3-1-2-4-19(17)23(31-22)15-5-7-16(8-6-15)24(30)33;28-27(29)35-20-10-9-18(14-21(20)36-27)26(11-12-26)25(34)31-22-13-17-3-1-2-4-19(17)23(30-22)15-5-7-16(8-6-15)24(32)33;27-26(28)32-20-11-10-18(15-21(20)33-26)25(12-13-25)24(31)30-22-14-17-8-4-5-9-19(17)23(29-22)16-6-2-1-3-7-16;;;;/h1-10,13-14H,11-12H2,(H2,30,33)(H,31,32,34);1-10,13-14H,11-12H2,(H,32,33)(H,30,31,34);1-11,14-15H,12-13H2,(H,29,30,31);4*1H. The van der Waals surface area contributed by atoms with Crippen molar-refractivity contribution < 1.29 is 89.5 Å². The van der Waals surface area contributed by atoms with Crippen molar-refractivity contribution in [2.45, 2.75) is 73.7 Å². The molecule has 6 heterocycles. The number of benzene rings is 9. The molecule has 0 atom stereocenters. The molecule has 12 aromatic rings. The zero-order valence-electron chi connectivity index (χ0n) is 54.7. The highest BCUT2D eigenvalue weighted by molar-refractivity contribution is 6.07. The molecule has 0 saturated heterocycles. The molecule has 4 amide bonds. The molecule has 3 aliphatic heterocycles. The third-order valence-electron chi connectivity index (χ3n) is 19.3. The number of ether oxygens (including phenoxy) is 6. The number of hydrogen-bond donors (Lipinski definition) is 5. The van der Waals surface area contributed by atoms with Crippen LogP contribution in [0.4, 0.5) is 43.8 Å². The topological polar surface area (TPSA) is 262 Å². The predicted octanol–water partition coefficient (Wildman–Crippen LogP) is 17.5. The van der Waals surface area contributed by atoms with Gasteiger partial charge in [-0.15, -0.1) is 26.3 Å². The zero-order chi connectivity index (χ0) is 72.8. The number of alkyl halides is 6. The van der Waals surface area contributed by atoms with Crippen molar-refractivity contribution in [1.82, 2.24) is 15.0 Å². The number of aromatic carboxylic acids is 1. The van der Waals surface area contributed by atoms with Crippen molar-refractivity contribution in [3.8, 4) is 68.3 Å². The third kappa shape index (κ3) is 12.9. The summed E-state index contributed by atoms with van der Waals surface area (Å²) in [5, 5.41) is 23.3. The average molecular weight is 1430 g/mol. The summed E-state index contributed by atoms with van der Waals surface area (Å²) in [5.41, 5.74) is 9.49. The normalized spacial score (nSPS) is 16.7. The number of carboxylic acids is 1. The minimum atomic E-state index is -3.73. The Morgan fingerprint density at radius 3 is 0.943 bits per heavy atom. The quantitative estimate of drug-likeness (QED) is 0.0634. The third-order valence-corrected chi connectivity index (χ3v) is 19.3. The number of anilines is 3. The number of rotatable bonds is 14. The number of primary amides is 1. The van der Waals surface area contributed by atoms with E-state index in [0.717, 1.165) is 49.1 Å². The molecule has 6 N–H and O–H groups in total. The van der Waals surface area contributed by atoms with Gasteiger partial charge in [0.05, 0.1) is 38.9 Å². The number of pyridine rings is 3. The van der Waals surface area contributed by atoms with Crippen LogP contribution in [0.5, 0.6) is 34.5 Å². The van der Waals surface area contributed by atoms with Gasteiger partial charge in [0.15, 0.2) is 34.5 Å². The summed E-state index contributed by atoms with van der Waals surface area (Å²) >= 11 is 0. The zero-order valence-corrected chi connectivity index (χ0v) is 54.7.